The van der Waals surface area contributed by atoms with E-state index in [4.69, 9.17) is 11.6 Å². The van der Waals surface area contributed by atoms with Crippen LogP contribution in [0.1, 0.15) is 51.5 Å². The molecular weight excluding hydrogens is 300 g/mol. The number of rotatable bonds is 4. The fourth-order valence-corrected chi connectivity index (χ4v) is 4.89. The van der Waals surface area contributed by atoms with Crippen LogP contribution in [0.15, 0.2) is 12.1 Å². The third-order valence-electron chi connectivity index (χ3n) is 5.40. The monoisotopic (exact) mass is 326 g/mol. The highest BCUT2D eigenvalue weighted by molar-refractivity contribution is 7.16. The third-order valence-corrected chi connectivity index (χ3v) is 6.80. The Morgan fingerprint density at radius 1 is 1.33 bits per heavy atom. The maximum absolute atomic E-state index is 6.15. The van der Waals surface area contributed by atoms with E-state index in [9.17, 15) is 0 Å². The number of hydrogen-bond donors (Lipinski definition) is 1. The van der Waals surface area contributed by atoms with Crippen molar-refractivity contribution in [2.24, 2.45) is 11.8 Å². The van der Waals surface area contributed by atoms with Gasteiger partial charge >= 0.3 is 0 Å². The first-order valence-electron chi connectivity index (χ1n) is 8.17. The molecule has 1 saturated carbocycles. The van der Waals surface area contributed by atoms with Gasteiger partial charge < -0.3 is 5.32 Å². The summed E-state index contributed by atoms with van der Waals surface area (Å²) in [6.45, 7) is 11.7. The SMILES string of the molecule is CC(C)C1CNC(C)(C2CC2)CN1C(C)c1ccc(Cl)s1. The molecule has 0 radical (unpaired) electrons. The Morgan fingerprint density at radius 3 is 2.57 bits per heavy atom. The van der Waals surface area contributed by atoms with Crippen LogP contribution in [0.4, 0.5) is 0 Å². The van der Waals surface area contributed by atoms with E-state index in [0.29, 0.717) is 23.5 Å². The van der Waals surface area contributed by atoms with Crippen molar-refractivity contribution in [1.82, 2.24) is 10.2 Å². The second-order valence-electron chi connectivity index (χ2n) is 7.37. The van der Waals surface area contributed by atoms with Crippen molar-refractivity contribution in [2.75, 3.05) is 13.1 Å². The molecule has 1 aliphatic carbocycles. The van der Waals surface area contributed by atoms with Gasteiger partial charge in [0, 0.05) is 35.6 Å². The van der Waals surface area contributed by atoms with Gasteiger partial charge in [-0.2, -0.15) is 0 Å². The van der Waals surface area contributed by atoms with Crippen molar-refractivity contribution in [2.45, 2.75) is 58.2 Å². The second kappa shape index (κ2) is 5.84. The summed E-state index contributed by atoms with van der Waals surface area (Å²) in [6, 6.07) is 5.29. The lowest BCUT2D eigenvalue weighted by atomic mass is 9.87. The molecule has 2 heterocycles. The van der Waals surface area contributed by atoms with Crippen molar-refractivity contribution in [3.63, 3.8) is 0 Å². The average molecular weight is 327 g/mol. The second-order valence-corrected chi connectivity index (χ2v) is 9.12. The largest absolute Gasteiger partial charge is 0.308 e. The van der Waals surface area contributed by atoms with Crippen LogP contribution >= 0.6 is 22.9 Å². The molecule has 2 fully saturated rings. The quantitative estimate of drug-likeness (QED) is 0.872. The first-order chi connectivity index (χ1) is 9.90. The van der Waals surface area contributed by atoms with Crippen LogP contribution in [0.2, 0.25) is 4.34 Å². The molecule has 2 aliphatic rings. The molecule has 3 rings (SSSR count). The maximum atomic E-state index is 6.15. The third kappa shape index (κ3) is 3.17. The van der Waals surface area contributed by atoms with Gasteiger partial charge in [-0.15, -0.1) is 11.3 Å². The average Bonchev–Trinajstić information content (AvgIpc) is 3.21. The molecule has 118 valence electrons. The molecule has 21 heavy (non-hydrogen) atoms. The van der Waals surface area contributed by atoms with Gasteiger partial charge in [-0.25, -0.2) is 0 Å². The first kappa shape index (κ1) is 15.8. The van der Waals surface area contributed by atoms with Gasteiger partial charge in [0.1, 0.15) is 0 Å². The number of piperazine rings is 1. The molecule has 0 bridgehead atoms. The molecule has 0 aromatic carbocycles. The zero-order valence-corrected chi connectivity index (χ0v) is 15.1. The Labute approximate surface area is 137 Å². The summed E-state index contributed by atoms with van der Waals surface area (Å²) in [5.74, 6) is 1.53. The van der Waals surface area contributed by atoms with Gasteiger partial charge in [0.05, 0.1) is 4.34 Å². The van der Waals surface area contributed by atoms with E-state index in [-0.39, 0.29) is 0 Å². The van der Waals surface area contributed by atoms with Gasteiger partial charge in [0.2, 0.25) is 0 Å². The Balaban J connectivity index is 1.82. The van der Waals surface area contributed by atoms with E-state index in [0.717, 1.165) is 23.3 Å². The minimum atomic E-state index is 0.292. The zero-order chi connectivity index (χ0) is 15.2. The van der Waals surface area contributed by atoms with E-state index in [2.05, 4.69) is 44.0 Å². The molecule has 4 heteroatoms. The summed E-state index contributed by atoms with van der Waals surface area (Å²) in [4.78, 5) is 4.12. The van der Waals surface area contributed by atoms with Gasteiger partial charge in [0.25, 0.3) is 0 Å². The van der Waals surface area contributed by atoms with Gasteiger partial charge in [-0.3, -0.25) is 4.90 Å². The minimum Gasteiger partial charge on any atom is -0.308 e. The highest BCUT2D eigenvalue weighted by Gasteiger charge is 2.47. The molecule has 1 aromatic heterocycles. The van der Waals surface area contributed by atoms with E-state index in [1.807, 2.05) is 6.07 Å². The summed E-state index contributed by atoms with van der Waals surface area (Å²) < 4.78 is 0.901. The molecule has 3 atom stereocenters. The number of hydrogen-bond acceptors (Lipinski definition) is 3. The summed E-state index contributed by atoms with van der Waals surface area (Å²) in [5, 5.41) is 3.87. The number of thiophene rings is 1. The van der Waals surface area contributed by atoms with Crippen molar-refractivity contribution < 1.29 is 0 Å². The Bertz CT molecular complexity index is 497. The van der Waals surface area contributed by atoms with E-state index < -0.39 is 0 Å². The molecule has 3 unspecified atom stereocenters. The number of halogens is 1. The standard InChI is InChI=1S/C17H27ClN2S/c1-11(2)14-9-19-17(4,13-5-6-13)10-20(14)12(3)15-7-8-16(18)21-15/h7-8,11-14,19H,5-6,9-10H2,1-4H3. The Hall–Kier alpha value is -0.0900. The zero-order valence-electron chi connectivity index (χ0n) is 13.5. The van der Waals surface area contributed by atoms with Crippen LogP contribution in [0, 0.1) is 11.8 Å². The number of nitrogens with one attached hydrogen (secondary N) is 1. The maximum Gasteiger partial charge on any atom is 0.0931 e. The highest BCUT2D eigenvalue weighted by atomic mass is 35.5. The van der Waals surface area contributed by atoms with Crippen LogP contribution in [0.5, 0.6) is 0 Å². The summed E-state index contributed by atoms with van der Waals surface area (Å²) in [6.07, 6.45) is 2.78. The van der Waals surface area contributed by atoms with Gasteiger partial charge in [-0.05, 0) is 50.7 Å². The lowest BCUT2D eigenvalue weighted by Gasteiger charge is -2.50. The van der Waals surface area contributed by atoms with Gasteiger partial charge in [0.15, 0.2) is 0 Å². The minimum absolute atomic E-state index is 0.292. The molecular formula is C17H27ClN2S. The first-order valence-corrected chi connectivity index (χ1v) is 9.36. The van der Waals surface area contributed by atoms with Crippen molar-refractivity contribution in [1.29, 1.82) is 0 Å². The van der Waals surface area contributed by atoms with Crippen molar-refractivity contribution in [3.05, 3.63) is 21.3 Å². The normalized spacial score (nSPS) is 32.6. The summed E-state index contributed by atoms with van der Waals surface area (Å²) in [5.41, 5.74) is 0.292. The lowest BCUT2D eigenvalue weighted by molar-refractivity contribution is 0.0240. The smallest absolute Gasteiger partial charge is 0.0931 e. The summed E-state index contributed by atoms with van der Waals surface area (Å²) >= 11 is 7.88. The molecule has 1 aliphatic heterocycles. The molecule has 0 spiro atoms. The van der Waals surface area contributed by atoms with E-state index >= 15 is 0 Å². The fourth-order valence-electron chi connectivity index (χ4n) is 3.76. The van der Waals surface area contributed by atoms with Crippen LogP contribution in [0.25, 0.3) is 0 Å². The molecule has 0 amide bonds. The fraction of sp³-hybridized carbons (Fsp3) is 0.765. The number of nitrogens with zero attached hydrogens (tertiary/aromatic N) is 1. The highest BCUT2D eigenvalue weighted by Crippen LogP contribution is 2.44. The van der Waals surface area contributed by atoms with Crippen LogP contribution in [-0.2, 0) is 0 Å². The van der Waals surface area contributed by atoms with Crippen molar-refractivity contribution >= 4 is 22.9 Å². The Morgan fingerprint density at radius 2 is 2.05 bits per heavy atom. The van der Waals surface area contributed by atoms with Crippen molar-refractivity contribution in [3.8, 4) is 0 Å². The molecule has 1 saturated heterocycles. The van der Waals surface area contributed by atoms with Gasteiger partial charge in [-0.1, -0.05) is 25.4 Å². The van der Waals surface area contributed by atoms with Crippen LogP contribution in [-0.4, -0.2) is 29.6 Å². The van der Waals surface area contributed by atoms with E-state index in [1.54, 1.807) is 11.3 Å². The van der Waals surface area contributed by atoms with Crippen LogP contribution < -0.4 is 5.32 Å². The topological polar surface area (TPSA) is 15.3 Å². The Kier molecular flexibility index (Phi) is 4.39. The molecule has 1 N–H and O–H groups in total. The lowest BCUT2D eigenvalue weighted by Crippen LogP contribution is -2.65. The molecule has 2 nitrogen and oxygen atoms in total. The van der Waals surface area contributed by atoms with E-state index in [1.165, 1.54) is 17.7 Å². The predicted octanol–water partition coefficient (Wildman–Crippen LogP) is 4.56. The summed E-state index contributed by atoms with van der Waals surface area (Å²) in [7, 11) is 0. The predicted molar refractivity (Wildman–Crippen MR) is 92.2 cm³/mol. The van der Waals surface area contributed by atoms with Crippen LogP contribution in [0.3, 0.4) is 0 Å². The molecule has 1 aromatic rings.